The molecule has 8 heteroatoms. The van der Waals surface area contributed by atoms with Gasteiger partial charge in [0.15, 0.2) is 11.6 Å². The van der Waals surface area contributed by atoms with Crippen LogP contribution < -0.4 is 9.62 Å². The Kier molecular flexibility index (Phi) is 7.05. The third kappa shape index (κ3) is 5.39. The number of anilines is 1. The molecule has 0 aliphatic heterocycles. The highest BCUT2D eigenvalue weighted by Crippen LogP contribution is 2.28. The number of hydrogen-bond donors (Lipinski definition) is 1. The molecule has 3 aromatic rings. The summed E-state index contributed by atoms with van der Waals surface area (Å²) >= 11 is 0. The van der Waals surface area contributed by atoms with E-state index < -0.39 is 15.9 Å². The maximum absolute atomic E-state index is 13.0. The van der Waals surface area contributed by atoms with E-state index in [1.165, 1.54) is 20.2 Å². The van der Waals surface area contributed by atoms with Gasteiger partial charge in [0.2, 0.25) is 10.0 Å². The molecule has 7 nitrogen and oxygen atoms in total. The highest BCUT2D eigenvalue weighted by molar-refractivity contribution is 7.92. The minimum Gasteiger partial charge on any atom is -0.352 e. The lowest BCUT2D eigenvalue weighted by Crippen LogP contribution is -2.31. The number of amides is 1. The lowest BCUT2D eigenvalue weighted by atomic mass is 9.97. The Morgan fingerprint density at radius 3 is 2.31 bits per heavy atom. The van der Waals surface area contributed by atoms with E-state index in [4.69, 9.17) is 0 Å². The van der Waals surface area contributed by atoms with E-state index in [1.807, 2.05) is 30.3 Å². The molecule has 0 bridgehead atoms. The molecule has 0 atom stereocenters. The Labute approximate surface area is 188 Å². The van der Waals surface area contributed by atoms with Crippen LogP contribution in [0.3, 0.4) is 0 Å². The summed E-state index contributed by atoms with van der Waals surface area (Å²) in [7, 11) is -2.29. The maximum Gasteiger partial charge on any atom is 0.255 e. The second kappa shape index (κ2) is 9.74. The first-order chi connectivity index (χ1) is 15.2. The summed E-state index contributed by atoms with van der Waals surface area (Å²) in [5.41, 5.74) is 2.85. The van der Waals surface area contributed by atoms with Gasteiger partial charge in [0.1, 0.15) is 0 Å². The minimum absolute atomic E-state index is 0.0220. The van der Waals surface area contributed by atoms with E-state index in [0.717, 1.165) is 16.1 Å². The largest absolute Gasteiger partial charge is 0.352 e. The van der Waals surface area contributed by atoms with Crippen molar-refractivity contribution in [1.29, 1.82) is 0 Å². The monoisotopic (exact) mass is 451 g/mol. The van der Waals surface area contributed by atoms with Crippen LogP contribution in [0.4, 0.5) is 5.82 Å². The third-order valence-corrected chi connectivity index (χ3v) is 6.23. The number of nitrogens with zero attached hydrogens (tertiary/aromatic N) is 2. The van der Waals surface area contributed by atoms with Crippen molar-refractivity contribution < 1.29 is 18.0 Å². The third-order valence-electron chi connectivity index (χ3n) is 5.07. The lowest BCUT2D eigenvalue weighted by molar-refractivity contribution is 0.0953. The maximum atomic E-state index is 13.0. The average Bonchev–Trinajstić information content (AvgIpc) is 2.78. The van der Waals surface area contributed by atoms with Gasteiger partial charge in [-0.1, -0.05) is 54.6 Å². The zero-order chi connectivity index (χ0) is 23.3. The van der Waals surface area contributed by atoms with Gasteiger partial charge in [-0.05, 0) is 30.5 Å². The molecule has 0 aliphatic rings. The molecule has 3 rings (SSSR count). The van der Waals surface area contributed by atoms with Gasteiger partial charge >= 0.3 is 0 Å². The van der Waals surface area contributed by atoms with Crippen LogP contribution in [0.1, 0.15) is 33.2 Å². The van der Waals surface area contributed by atoms with E-state index in [9.17, 15) is 18.0 Å². The number of hydrogen-bond acceptors (Lipinski definition) is 5. The second-order valence-corrected chi connectivity index (χ2v) is 9.43. The van der Waals surface area contributed by atoms with Gasteiger partial charge in [-0.25, -0.2) is 13.4 Å². The molecule has 2 aromatic carbocycles. The summed E-state index contributed by atoms with van der Waals surface area (Å²) in [6.07, 6.45) is 3.15. The lowest BCUT2D eigenvalue weighted by Gasteiger charge is -2.20. The van der Waals surface area contributed by atoms with Gasteiger partial charge in [-0.2, -0.15) is 0 Å². The molecule has 0 unspecified atom stereocenters. The Morgan fingerprint density at radius 1 is 1.00 bits per heavy atom. The Bertz CT molecular complexity index is 1240. The standard InChI is InChI=1S/C24H25N3O4S/c1-17(28)20-11-7-8-12-21(20)19-15-22(23(26-16-19)27(2)32(3,30)31)24(29)25-14-13-18-9-5-4-6-10-18/h4-12,15-16H,13-14H2,1-3H3,(H,25,29). The van der Waals surface area contributed by atoms with E-state index in [2.05, 4.69) is 10.3 Å². The predicted octanol–water partition coefficient (Wildman–Crippen LogP) is 3.32. The highest BCUT2D eigenvalue weighted by atomic mass is 32.2. The van der Waals surface area contributed by atoms with Crippen molar-refractivity contribution in [2.45, 2.75) is 13.3 Å². The molecule has 1 N–H and O–H groups in total. The van der Waals surface area contributed by atoms with Crippen LogP contribution in [0, 0.1) is 0 Å². The number of rotatable bonds is 8. The van der Waals surface area contributed by atoms with Crippen LogP contribution in [0.2, 0.25) is 0 Å². The summed E-state index contributed by atoms with van der Waals surface area (Å²) < 4.78 is 25.2. The second-order valence-electron chi connectivity index (χ2n) is 7.42. The Morgan fingerprint density at radius 2 is 1.66 bits per heavy atom. The topological polar surface area (TPSA) is 96.4 Å². The van der Waals surface area contributed by atoms with Gasteiger partial charge in [0, 0.05) is 30.9 Å². The smallest absolute Gasteiger partial charge is 0.255 e. The van der Waals surface area contributed by atoms with E-state index >= 15 is 0 Å². The average molecular weight is 452 g/mol. The van der Waals surface area contributed by atoms with Crippen molar-refractivity contribution in [3.05, 3.63) is 83.6 Å². The summed E-state index contributed by atoms with van der Waals surface area (Å²) in [5, 5.41) is 2.84. The summed E-state index contributed by atoms with van der Waals surface area (Å²) in [6, 6.07) is 18.3. The highest BCUT2D eigenvalue weighted by Gasteiger charge is 2.23. The van der Waals surface area contributed by atoms with Crippen molar-refractivity contribution in [1.82, 2.24) is 10.3 Å². The van der Waals surface area contributed by atoms with Crippen LogP contribution in [0.25, 0.3) is 11.1 Å². The van der Waals surface area contributed by atoms with E-state index in [1.54, 1.807) is 30.3 Å². The fourth-order valence-electron chi connectivity index (χ4n) is 3.28. The molecular weight excluding hydrogens is 426 g/mol. The molecule has 0 spiro atoms. The number of carbonyl (C=O) groups excluding carboxylic acids is 2. The molecule has 0 saturated heterocycles. The van der Waals surface area contributed by atoms with Crippen molar-refractivity contribution in [2.24, 2.45) is 0 Å². The van der Waals surface area contributed by atoms with Crippen LogP contribution in [0.15, 0.2) is 66.9 Å². The summed E-state index contributed by atoms with van der Waals surface area (Å²) in [6.45, 7) is 1.84. The molecule has 166 valence electrons. The first-order valence-electron chi connectivity index (χ1n) is 10.0. The summed E-state index contributed by atoms with van der Waals surface area (Å²) in [4.78, 5) is 29.4. The zero-order valence-electron chi connectivity index (χ0n) is 18.2. The number of sulfonamides is 1. The van der Waals surface area contributed by atoms with Gasteiger partial charge in [-0.3, -0.25) is 13.9 Å². The molecule has 0 radical (unpaired) electrons. The van der Waals surface area contributed by atoms with Gasteiger partial charge in [0.25, 0.3) is 5.91 Å². The number of nitrogens with one attached hydrogen (secondary N) is 1. The molecule has 1 aromatic heterocycles. The fourth-order valence-corrected chi connectivity index (χ4v) is 3.74. The van der Waals surface area contributed by atoms with Crippen LogP contribution in [-0.2, 0) is 16.4 Å². The van der Waals surface area contributed by atoms with E-state index in [0.29, 0.717) is 29.7 Å². The molecule has 0 aliphatic carbocycles. The SMILES string of the molecule is CC(=O)c1ccccc1-c1cnc(N(C)S(C)(=O)=O)c(C(=O)NCCc2ccccc2)c1. The predicted molar refractivity (Wildman–Crippen MR) is 125 cm³/mol. The number of carbonyl (C=O) groups is 2. The van der Waals surface area contributed by atoms with Crippen LogP contribution >= 0.6 is 0 Å². The van der Waals surface area contributed by atoms with Crippen molar-refractivity contribution in [3.8, 4) is 11.1 Å². The molecule has 1 amide bonds. The van der Waals surface area contributed by atoms with Crippen LogP contribution in [-0.4, -0.2) is 44.9 Å². The van der Waals surface area contributed by atoms with Gasteiger partial charge in [0.05, 0.1) is 11.8 Å². The normalized spacial score (nSPS) is 11.1. The molecular formula is C24H25N3O4S. The number of benzene rings is 2. The molecule has 32 heavy (non-hydrogen) atoms. The zero-order valence-corrected chi connectivity index (χ0v) is 19.0. The van der Waals surface area contributed by atoms with Crippen LogP contribution in [0.5, 0.6) is 0 Å². The van der Waals surface area contributed by atoms with Gasteiger partial charge in [-0.15, -0.1) is 0 Å². The first-order valence-corrected chi connectivity index (χ1v) is 11.9. The Balaban J connectivity index is 1.98. The number of aromatic nitrogens is 1. The number of Topliss-reactive ketones (excluding diaryl/α,β-unsaturated/α-hetero) is 1. The molecule has 0 saturated carbocycles. The van der Waals surface area contributed by atoms with Crippen molar-refractivity contribution in [3.63, 3.8) is 0 Å². The number of pyridine rings is 1. The Hall–Kier alpha value is -3.52. The molecule has 1 heterocycles. The van der Waals surface area contributed by atoms with Crippen molar-refractivity contribution >= 4 is 27.5 Å². The van der Waals surface area contributed by atoms with Crippen molar-refractivity contribution in [2.75, 3.05) is 24.2 Å². The first kappa shape index (κ1) is 23.1. The quantitative estimate of drug-likeness (QED) is 0.530. The number of ketones is 1. The molecule has 0 fully saturated rings. The van der Waals surface area contributed by atoms with E-state index in [-0.39, 0.29) is 17.2 Å². The minimum atomic E-state index is -3.64. The van der Waals surface area contributed by atoms with Gasteiger partial charge < -0.3 is 5.32 Å². The summed E-state index contributed by atoms with van der Waals surface area (Å²) in [5.74, 6) is -0.540. The fraction of sp³-hybridized carbons (Fsp3) is 0.208.